The van der Waals surface area contributed by atoms with Crippen LogP contribution in [0.4, 0.5) is 0 Å². The minimum absolute atomic E-state index is 0.156. The normalized spacial score (nSPS) is 29.4. The highest BCUT2D eigenvalue weighted by Gasteiger charge is 2.35. The average Bonchev–Trinajstić information content (AvgIpc) is 3.79. The van der Waals surface area contributed by atoms with Crippen LogP contribution < -0.4 is 0 Å². The van der Waals surface area contributed by atoms with Gasteiger partial charge < -0.3 is 30.6 Å². The molecule has 6 rings (SSSR count). The number of aliphatic hydroxyl groups excluding tert-OH is 3. The summed E-state index contributed by atoms with van der Waals surface area (Å²) in [5, 5.41) is 51.9. The van der Waals surface area contributed by atoms with Gasteiger partial charge in [0, 0.05) is 5.41 Å². The molecule has 6 aliphatic carbocycles. The molecule has 0 aromatic rings. The summed E-state index contributed by atoms with van der Waals surface area (Å²) in [6.45, 7) is 1.35. The number of hydrogen-bond acceptors (Lipinski definition) is 6. The molecule has 39 heavy (non-hydrogen) atoms. The van der Waals surface area contributed by atoms with Crippen LogP contribution in [0.5, 0.6) is 0 Å². The molecule has 212 valence electrons. The highest BCUT2D eigenvalue weighted by molar-refractivity contribution is 5.76. The zero-order valence-corrected chi connectivity index (χ0v) is 22.0. The molecular formula is C30H38O9. The Hall–Kier alpha value is -3.27. The van der Waals surface area contributed by atoms with E-state index < -0.39 is 23.3 Å². The van der Waals surface area contributed by atoms with Crippen LogP contribution >= 0.6 is 0 Å². The van der Waals surface area contributed by atoms with E-state index in [4.69, 9.17) is 30.6 Å². The highest BCUT2D eigenvalue weighted by atomic mass is 16.4. The third kappa shape index (κ3) is 7.23. The Morgan fingerprint density at radius 3 is 1.00 bits per heavy atom. The van der Waals surface area contributed by atoms with Crippen molar-refractivity contribution < 1.29 is 45.0 Å². The summed E-state index contributed by atoms with van der Waals surface area (Å²) in [4.78, 5) is 31.5. The van der Waals surface area contributed by atoms with E-state index in [1.54, 1.807) is 0 Å². The fourth-order valence-corrected chi connectivity index (χ4v) is 5.39. The van der Waals surface area contributed by atoms with Crippen molar-refractivity contribution in [2.75, 3.05) is 19.8 Å². The second-order valence-corrected chi connectivity index (χ2v) is 10.8. The minimum atomic E-state index is -0.690. The fourth-order valence-electron chi connectivity index (χ4n) is 5.39. The topological polar surface area (TPSA) is 173 Å². The van der Waals surface area contributed by atoms with Crippen molar-refractivity contribution in [1.82, 2.24) is 0 Å². The Balaban J connectivity index is 0.000000144. The molecule has 0 aromatic carbocycles. The van der Waals surface area contributed by atoms with Gasteiger partial charge in [0.15, 0.2) is 0 Å². The Kier molecular flexibility index (Phi) is 10.2. The largest absolute Gasteiger partial charge is 0.481 e. The maximum Gasteiger partial charge on any atom is 0.310 e. The van der Waals surface area contributed by atoms with Gasteiger partial charge in [-0.25, -0.2) is 0 Å². The molecule has 0 fully saturated rings. The molecule has 0 radical (unpaired) electrons. The van der Waals surface area contributed by atoms with Crippen LogP contribution in [-0.2, 0) is 14.4 Å². The van der Waals surface area contributed by atoms with Crippen molar-refractivity contribution in [2.24, 2.45) is 40.9 Å². The van der Waals surface area contributed by atoms with E-state index in [9.17, 15) is 14.4 Å². The lowest BCUT2D eigenvalue weighted by Gasteiger charge is -2.24. The number of aliphatic hydroxyl groups is 3. The van der Waals surface area contributed by atoms with Crippen LogP contribution in [0.2, 0.25) is 0 Å². The predicted octanol–water partition coefficient (Wildman–Crippen LogP) is 2.97. The second-order valence-electron chi connectivity index (χ2n) is 10.8. The smallest absolute Gasteiger partial charge is 0.310 e. The maximum atomic E-state index is 10.5. The Morgan fingerprint density at radius 1 is 0.641 bits per heavy atom. The summed E-state index contributed by atoms with van der Waals surface area (Å²) in [5.74, 6) is -2.01. The molecule has 6 atom stereocenters. The maximum absolute atomic E-state index is 10.5. The molecule has 0 amide bonds. The number of carboxylic acid groups (broad SMARTS) is 3. The summed E-state index contributed by atoms with van der Waals surface area (Å²) in [5.41, 5.74) is 2.91. The van der Waals surface area contributed by atoms with Gasteiger partial charge in [-0.05, 0) is 43.4 Å². The van der Waals surface area contributed by atoms with E-state index in [1.807, 2.05) is 61.6 Å². The van der Waals surface area contributed by atoms with E-state index >= 15 is 0 Å². The SMILES string of the molecule is CCC(CO)(CO)CO.O=C(O)C1C=C2C=CC1C2.O=C(O)C1C=C2C=CC1C2.O=C(O)C1C=C2C=CC1C2. The van der Waals surface area contributed by atoms with Crippen LogP contribution in [0.15, 0.2) is 71.4 Å². The first-order chi connectivity index (χ1) is 18.6. The number of aliphatic carboxylic acids is 3. The molecule has 9 heteroatoms. The average molecular weight is 543 g/mol. The van der Waals surface area contributed by atoms with Crippen LogP contribution in [0.25, 0.3) is 0 Å². The van der Waals surface area contributed by atoms with Gasteiger partial charge in [0.05, 0.1) is 37.6 Å². The molecule has 9 nitrogen and oxygen atoms in total. The minimum Gasteiger partial charge on any atom is -0.481 e. The number of rotatable bonds is 7. The zero-order chi connectivity index (χ0) is 28.7. The van der Waals surface area contributed by atoms with E-state index in [-0.39, 0.29) is 55.3 Å². The number of hydrogen-bond donors (Lipinski definition) is 6. The van der Waals surface area contributed by atoms with Gasteiger partial charge in [-0.2, -0.15) is 0 Å². The Labute approximate surface area is 227 Å². The van der Waals surface area contributed by atoms with Gasteiger partial charge >= 0.3 is 17.9 Å². The summed E-state index contributed by atoms with van der Waals surface area (Å²) < 4.78 is 0. The number of allylic oxidation sites excluding steroid dienone is 9. The third-order valence-corrected chi connectivity index (χ3v) is 8.26. The van der Waals surface area contributed by atoms with Crippen molar-refractivity contribution in [3.8, 4) is 0 Å². The molecule has 0 saturated heterocycles. The summed E-state index contributed by atoms with van der Waals surface area (Å²) >= 11 is 0. The summed E-state index contributed by atoms with van der Waals surface area (Å²) in [6.07, 6.45) is 21.0. The first-order valence-electron chi connectivity index (χ1n) is 13.2. The Bertz CT molecular complexity index is 978. The van der Waals surface area contributed by atoms with Gasteiger partial charge in [-0.1, -0.05) is 78.3 Å². The van der Waals surface area contributed by atoms with Crippen molar-refractivity contribution in [3.63, 3.8) is 0 Å². The van der Waals surface area contributed by atoms with E-state index in [1.165, 1.54) is 16.7 Å². The first kappa shape index (κ1) is 30.3. The number of carbonyl (C=O) groups is 3. The summed E-state index contributed by atoms with van der Waals surface area (Å²) in [6, 6.07) is 0. The predicted molar refractivity (Wildman–Crippen MR) is 143 cm³/mol. The zero-order valence-electron chi connectivity index (χ0n) is 22.0. The molecule has 0 heterocycles. The quantitative estimate of drug-likeness (QED) is 0.283. The molecule has 0 saturated carbocycles. The molecular weight excluding hydrogens is 504 g/mol. The Morgan fingerprint density at radius 2 is 0.923 bits per heavy atom. The lowest BCUT2D eigenvalue weighted by Crippen LogP contribution is -2.32. The van der Waals surface area contributed by atoms with E-state index in [0.717, 1.165) is 19.3 Å². The van der Waals surface area contributed by atoms with Crippen LogP contribution in [0.1, 0.15) is 32.6 Å². The third-order valence-electron chi connectivity index (χ3n) is 8.26. The van der Waals surface area contributed by atoms with Gasteiger partial charge in [0.25, 0.3) is 0 Å². The molecule has 6 N–H and O–H groups in total. The molecule has 6 aliphatic rings. The lowest BCUT2D eigenvalue weighted by molar-refractivity contribution is -0.141. The van der Waals surface area contributed by atoms with Crippen molar-refractivity contribution in [2.45, 2.75) is 32.6 Å². The van der Waals surface area contributed by atoms with Crippen molar-refractivity contribution in [3.05, 3.63) is 71.4 Å². The molecule has 0 spiro atoms. The van der Waals surface area contributed by atoms with Crippen LogP contribution in [0.3, 0.4) is 0 Å². The molecule has 6 unspecified atom stereocenters. The van der Waals surface area contributed by atoms with Gasteiger partial charge in [0.2, 0.25) is 0 Å². The molecule has 0 aromatic heterocycles. The summed E-state index contributed by atoms with van der Waals surface area (Å²) in [7, 11) is 0. The standard InChI is InChI=1S/3C8H8O2.C6H14O3/c3*9-8(10)7-4-5-1-2-6(7)3-5;1-2-6(3-7,4-8)5-9/h3*1-2,4,6-7H,3H2,(H,9,10);7-9H,2-5H2,1H3. The molecule has 0 aliphatic heterocycles. The van der Waals surface area contributed by atoms with Crippen molar-refractivity contribution >= 4 is 17.9 Å². The van der Waals surface area contributed by atoms with Gasteiger partial charge in [-0.3, -0.25) is 14.4 Å². The van der Waals surface area contributed by atoms with Crippen molar-refractivity contribution in [1.29, 1.82) is 0 Å². The van der Waals surface area contributed by atoms with Gasteiger partial charge in [-0.15, -0.1) is 0 Å². The highest BCUT2D eigenvalue weighted by Crippen LogP contribution is 2.39. The lowest BCUT2D eigenvalue weighted by atomic mass is 9.88. The fraction of sp³-hybridized carbons (Fsp3) is 0.500. The van der Waals surface area contributed by atoms with Crippen LogP contribution in [0, 0.1) is 40.9 Å². The monoisotopic (exact) mass is 542 g/mol. The van der Waals surface area contributed by atoms with Crippen LogP contribution in [-0.4, -0.2) is 68.4 Å². The number of carboxylic acids is 3. The van der Waals surface area contributed by atoms with E-state index in [2.05, 4.69) is 0 Å². The van der Waals surface area contributed by atoms with E-state index in [0.29, 0.717) is 6.42 Å². The first-order valence-corrected chi connectivity index (χ1v) is 13.2. The molecule has 6 bridgehead atoms. The van der Waals surface area contributed by atoms with Gasteiger partial charge in [0.1, 0.15) is 0 Å². The number of fused-ring (bicyclic) bond motifs is 6. The second kappa shape index (κ2) is 13.2.